The van der Waals surface area contributed by atoms with Gasteiger partial charge in [0.25, 0.3) is 0 Å². The minimum Gasteiger partial charge on any atom is -0.0797 e. The lowest BCUT2D eigenvalue weighted by Crippen LogP contribution is -2.20. The highest BCUT2D eigenvalue weighted by Crippen LogP contribution is 2.37. The first-order valence-electron chi connectivity index (χ1n) is 5.79. The Hall–Kier alpha value is -0.0400. The van der Waals surface area contributed by atoms with Gasteiger partial charge in [-0.25, -0.2) is 0 Å². The van der Waals surface area contributed by atoms with Crippen LogP contribution in [0.3, 0.4) is 0 Å². The molecule has 0 N–H and O–H groups in total. The Morgan fingerprint density at radius 1 is 1.21 bits per heavy atom. The molecular formula is C13H19Br. The monoisotopic (exact) mass is 254 g/mol. The quantitative estimate of drug-likeness (QED) is 0.638. The van der Waals surface area contributed by atoms with E-state index in [0.29, 0.717) is 0 Å². The fourth-order valence-corrected chi connectivity index (χ4v) is 3.01. The normalized spacial score (nSPS) is 38.1. The van der Waals surface area contributed by atoms with E-state index in [-0.39, 0.29) is 0 Å². The largest absolute Gasteiger partial charge is 0.0797 e. The summed E-state index contributed by atoms with van der Waals surface area (Å²) < 4.78 is 1.26. The van der Waals surface area contributed by atoms with Gasteiger partial charge in [0, 0.05) is 4.48 Å². The first-order chi connectivity index (χ1) is 6.75. The van der Waals surface area contributed by atoms with E-state index in [1.54, 1.807) is 0 Å². The van der Waals surface area contributed by atoms with Gasteiger partial charge in [0.1, 0.15) is 0 Å². The van der Waals surface area contributed by atoms with E-state index in [1.165, 1.54) is 36.6 Å². The molecule has 0 saturated heterocycles. The summed E-state index contributed by atoms with van der Waals surface area (Å²) in [7, 11) is 0. The van der Waals surface area contributed by atoms with Gasteiger partial charge in [-0.3, -0.25) is 0 Å². The minimum atomic E-state index is 0.823. The summed E-state index contributed by atoms with van der Waals surface area (Å²) in [6.07, 6.45) is 14.0. The van der Waals surface area contributed by atoms with E-state index >= 15 is 0 Å². The van der Waals surface area contributed by atoms with Crippen molar-refractivity contribution in [3.8, 4) is 0 Å². The van der Waals surface area contributed by atoms with E-state index in [4.69, 9.17) is 0 Å². The first kappa shape index (κ1) is 10.5. The standard InChI is InChI=1S/C13H19Br/c1-10-2-4-11(5-3-10)12-6-8-13(14)9-7-12/h6,8-12H,2-5,7H2,1H3. The van der Waals surface area contributed by atoms with Gasteiger partial charge in [-0.15, -0.1) is 0 Å². The van der Waals surface area contributed by atoms with Gasteiger partial charge in [-0.05, 0) is 37.0 Å². The zero-order chi connectivity index (χ0) is 9.97. The Morgan fingerprint density at radius 3 is 2.50 bits per heavy atom. The summed E-state index contributed by atoms with van der Waals surface area (Å²) in [5, 5.41) is 0. The second kappa shape index (κ2) is 4.65. The third-order valence-corrected chi connectivity index (χ3v) is 4.34. The van der Waals surface area contributed by atoms with Gasteiger partial charge in [-0.2, -0.15) is 0 Å². The second-order valence-electron chi connectivity index (χ2n) is 4.87. The Labute approximate surface area is 95.6 Å². The summed E-state index contributed by atoms with van der Waals surface area (Å²) in [6.45, 7) is 2.39. The summed E-state index contributed by atoms with van der Waals surface area (Å²) in [4.78, 5) is 0. The molecule has 0 aromatic carbocycles. The molecule has 2 aliphatic carbocycles. The fourth-order valence-electron chi connectivity index (χ4n) is 2.67. The van der Waals surface area contributed by atoms with Crippen molar-refractivity contribution in [1.29, 1.82) is 0 Å². The van der Waals surface area contributed by atoms with E-state index < -0.39 is 0 Å². The number of allylic oxidation sites excluding steroid dienone is 4. The van der Waals surface area contributed by atoms with Crippen molar-refractivity contribution < 1.29 is 0 Å². The fraction of sp³-hybridized carbons (Fsp3) is 0.692. The van der Waals surface area contributed by atoms with Crippen molar-refractivity contribution >= 4 is 15.9 Å². The number of hydrogen-bond acceptors (Lipinski definition) is 0. The lowest BCUT2D eigenvalue weighted by atomic mass is 9.74. The molecule has 14 heavy (non-hydrogen) atoms. The average molecular weight is 255 g/mol. The smallest absolute Gasteiger partial charge is 0.0132 e. The topological polar surface area (TPSA) is 0 Å². The van der Waals surface area contributed by atoms with E-state index in [2.05, 4.69) is 41.1 Å². The molecule has 0 radical (unpaired) electrons. The van der Waals surface area contributed by atoms with Crippen LogP contribution in [0.2, 0.25) is 0 Å². The van der Waals surface area contributed by atoms with Crippen LogP contribution in [0.1, 0.15) is 39.0 Å². The van der Waals surface area contributed by atoms with Gasteiger partial charge in [0.05, 0.1) is 0 Å². The van der Waals surface area contributed by atoms with Crippen LogP contribution in [0, 0.1) is 17.8 Å². The molecule has 0 bridgehead atoms. The Morgan fingerprint density at radius 2 is 1.93 bits per heavy atom. The second-order valence-corrected chi connectivity index (χ2v) is 5.78. The lowest BCUT2D eigenvalue weighted by Gasteiger charge is -2.31. The predicted octanol–water partition coefficient (Wildman–Crippen LogP) is 4.67. The zero-order valence-corrected chi connectivity index (χ0v) is 10.5. The summed E-state index contributed by atoms with van der Waals surface area (Å²) in [6, 6.07) is 0. The average Bonchev–Trinajstić information content (AvgIpc) is 2.21. The maximum Gasteiger partial charge on any atom is 0.0132 e. The highest BCUT2D eigenvalue weighted by molar-refractivity contribution is 9.11. The van der Waals surface area contributed by atoms with E-state index in [1.807, 2.05) is 0 Å². The molecule has 0 nitrogen and oxygen atoms in total. The lowest BCUT2D eigenvalue weighted by molar-refractivity contribution is 0.240. The van der Waals surface area contributed by atoms with Gasteiger partial charge < -0.3 is 0 Å². The molecule has 2 rings (SSSR count). The molecule has 0 aromatic rings. The summed E-state index contributed by atoms with van der Waals surface area (Å²) >= 11 is 3.52. The van der Waals surface area contributed by atoms with Crippen molar-refractivity contribution in [3.63, 3.8) is 0 Å². The molecule has 1 saturated carbocycles. The third kappa shape index (κ3) is 2.50. The van der Waals surface area contributed by atoms with Crippen LogP contribution in [-0.2, 0) is 0 Å². The Balaban J connectivity index is 1.88. The van der Waals surface area contributed by atoms with Crippen LogP contribution in [0.25, 0.3) is 0 Å². The molecule has 0 heterocycles. The van der Waals surface area contributed by atoms with Crippen LogP contribution >= 0.6 is 15.9 Å². The third-order valence-electron chi connectivity index (χ3n) is 3.75. The number of halogens is 1. The molecule has 0 aliphatic heterocycles. The molecule has 2 aliphatic rings. The van der Waals surface area contributed by atoms with Gasteiger partial charge in [0.2, 0.25) is 0 Å². The molecule has 0 spiro atoms. The highest BCUT2D eigenvalue weighted by Gasteiger charge is 2.24. The Bertz CT molecular complexity index is 244. The van der Waals surface area contributed by atoms with Crippen molar-refractivity contribution in [3.05, 3.63) is 22.7 Å². The number of rotatable bonds is 1. The zero-order valence-electron chi connectivity index (χ0n) is 8.88. The Kier molecular flexibility index (Phi) is 3.48. The van der Waals surface area contributed by atoms with Crippen LogP contribution in [0.5, 0.6) is 0 Å². The molecular weight excluding hydrogens is 236 g/mol. The van der Waals surface area contributed by atoms with Crippen LogP contribution in [0.15, 0.2) is 22.7 Å². The molecule has 1 atom stereocenters. The molecule has 1 heteroatoms. The van der Waals surface area contributed by atoms with Crippen molar-refractivity contribution in [2.24, 2.45) is 17.8 Å². The molecule has 78 valence electrons. The molecule has 1 unspecified atom stereocenters. The van der Waals surface area contributed by atoms with Crippen molar-refractivity contribution in [2.45, 2.75) is 39.0 Å². The predicted molar refractivity (Wildman–Crippen MR) is 65.4 cm³/mol. The highest BCUT2D eigenvalue weighted by atomic mass is 79.9. The van der Waals surface area contributed by atoms with E-state index in [0.717, 1.165) is 17.8 Å². The minimum absolute atomic E-state index is 0.823. The molecule has 0 amide bonds. The first-order valence-corrected chi connectivity index (χ1v) is 6.59. The van der Waals surface area contributed by atoms with E-state index in [9.17, 15) is 0 Å². The van der Waals surface area contributed by atoms with Crippen LogP contribution in [-0.4, -0.2) is 0 Å². The maximum absolute atomic E-state index is 3.52. The maximum atomic E-state index is 3.52. The van der Waals surface area contributed by atoms with Crippen LogP contribution in [0.4, 0.5) is 0 Å². The van der Waals surface area contributed by atoms with Gasteiger partial charge in [-0.1, -0.05) is 53.9 Å². The van der Waals surface area contributed by atoms with Crippen LogP contribution < -0.4 is 0 Å². The molecule has 0 aromatic heterocycles. The summed E-state index contributed by atoms with van der Waals surface area (Å²) in [5.74, 6) is 2.75. The summed E-state index contributed by atoms with van der Waals surface area (Å²) in [5.41, 5.74) is 0. The van der Waals surface area contributed by atoms with Crippen molar-refractivity contribution in [2.75, 3.05) is 0 Å². The van der Waals surface area contributed by atoms with Gasteiger partial charge in [0.15, 0.2) is 0 Å². The van der Waals surface area contributed by atoms with Crippen molar-refractivity contribution in [1.82, 2.24) is 0 Å². The molecule has 1 fully saturated rings. The van der Waals surface area contributed by atoms with Gasteiger partial charge >= 0.3 is 0 Å². The number of hydrogen-bond donors (Lipinski definition) is 0. The SMILES string of the molecule is CC1CCC(C2C=CC(Br)=CC2)CC1.